The third kappa shape index (κ3) is 2.79. The molecule has 0 bridgehead atoms. The summed E-state index contributed by atoms with van der Waals surface area (Å²) in [5, 5.41) is 0. The van der Waals surface area contributed by atoms with E-state index in [2.05, 4.69) is 15.9 Å². The van der Waals surface area contributed by atoms with Crippen LogP contribution in [0.1, 0.15) is 22.6 Å². The topological polar surface area (TPSA) is 3.24 Å². The van der Waals surface area contributed by atoms with E-state index >= 15 is 0 Å². The van der Waals surface area contributed by atoms with Crippen LogP contribution < -0.4 is 4.90 Å². The predicted octanol–water partition coefficient (Wildman–Crippen LogP) is 7.50. The summed E-state index contributed by atoms with van der Waals surface area (Å²) in [7, 11) is 0. The van der Waals surface area contributed by atoms with E-state index in [1.165, 1.54) is 29.2 Å². The zero-order valence-electron chi connectivity index (χ0n) is 15.9. The molecule has 5 rings (SSSR count). The monoisotopic (exact) mass is 491 g/mol. The Balaban J connectivity index is 1.78. The maximum Gasteiger partial charge on any atom is 0.401 e. The molecular weight excluding hydrogens is 477 g/mol. The first kappa shape index (κ1) is 20.2. The van der Waals surface area contributed by atoms with Gasteiger partial charge in [-0.3, -0.25) is 0 Å². The lowest BCUT2D eigenvalue weighted by Crippen LogP contribution is -2.40. The number of halogens is 6. The molecule has 1 aliphatic carbocycles. The molecular formula is C24H15BrF5N. The highest BCUT2D eigenvalue weighted by Gasteiger charge is 2.83. The molecule has 1 heterocycles. The van der Waals surface area contributed by atoms with Gasteiger partial charge in [0.25, 0.3) is 6.08 Å². The van der Waals surface area contributed by atoms with Crippen LogP contribution in [0.4, 0.5) is 27.6 Å². The van der Waals surface area contributed by atoms with E-state index in [9.17, 15) is 22.0 Å². The van der Waals surface area contributed by atoms with Crippen molar-refractivity contribution in [2.75, 3.05) is 4.90 Å². The summed E-state index contributed by atoms with van der Waals surface area (Å²) in [5.74, 6) is -0.986. The molecule has 1 nitrogen and oxygen atoms in total. The molecule has 1 saturated carbocycles. The van der Waals surface area contributed by atoms with Crippen LogP contribution in [0.25, 0.3) is 5.70 Å². The molecule has 1 aliphatic heterocycles. The molecule has 0 aromatic heterocycles. The van der Waals surface area contributed by atoms with Crippen molar-refractivity contribution >= 4 is 27.3 Å². The molecule has 158 valence electrons. The van der Waals surface area contributed by atoms with Crippen molar-refractivity contribution in [3.63, 3.8) is 0 Å². The van der Waals surface area contributed by atoms with Gasteiger partial charge in [-0.1, -0.05) is 76.6 Å². The van der Waals surface area contributed by atoms with Gasteiger partial charge in [0.05, 0.1) is 6.04 Å². The van der Waals surface area contributed by atoms with Crippen molar-refractivity contribution in [1.29, 1.82) is 0 Å². The van der Waals surface area contributed by atoms with Crippen LogP contribution in [0.15, 0.2) is 89.4 Å². The Kier molecular flexibility index (Phi) is 4.52. The van der Waals surface area contributed by atoms with Crippen molar-refractivity contribution in [3.05, 3.63) is 106 Å². The molecule has 0 amide bonds. The number of hydrogen-bond donors (Lipinski definition) is 0. The molecule has 7 heteroatoms. The number of anilines is 1. The minimum Gasteiger partial charge on any atom is -0.331 e. The number of benzene rings is 3. The van der Waals surface area contributed by atoms with Crippen LogP contribution in [0.2, 0.25) is 0 Å². The quantitative estimate of drug-likeness (QED) is 0.343. The molecule has 2 aliphatic rings. The normalized spacial score (nSPS) is 23.9. The summed E-state index contributed by atoms with van der Waals surface area (Å²) in [4.78, 5) is 1.19. The van der Waals surface area contributed by atoms with Crippen LogP contribution in [-0.4, -0.2) is 12.2 Å². The lowest BCUT2D eigenvalue weighted by atomic mass is 9.87. The fourth-order valence-corrected chi connectivity index (χ4v) is 5.43. The largest absolute Gasteiger partial charge is 0.401 e. The molecule has 3 aromatic rings. The van der Waals surface area contributed by atoms with Gasteiger partial charge in [0.15, 0.2) is 0 Å². The van der Waals surface area contributed by atoms with Crippen LogP contribution in [0.5, 0.6) is 0 Å². The van der Waals surface area contributed by atoms with Gasteiger partial charge in [-0.25, -0.2) is 0 Å². The smallest absolute Gasteiger partial charge is 0.331 e. The fraction of sp³-hybridized carbons (Fsp3) is 0.167. The maximum atomic E-state index is 14.7. The van der Waals surface area contributed by atoms with Gasteiger partial charge in [0, 0.05) is 21.6 Å². The highest BCUT2D eigenvalue weighted by Crippen LogP contribution is 2.75. The van der Waals surface area contributed by atoms with Gasteiger partial charge in [-0.2, -0.15) is 22.0 Å². The molecule has 3 aromatic carbocycles. The van der Waals surface area contributed by atoms with Crippen molar-refractivity contribution in [3.8, 4) is 0 Å². The summed E-state index contributed by atoms with van der Waals surface area (Å²) >= 11 is 3.33. The van der Waals surface area contributed by atoms with Crippen LogP contribution in [-0.2, 0) is 5.41 Å². The van der Waals surface area contributed by atoms with Gasteiger partial charge in [-0.05, 0) is 29.3 Å². The summed E-state index contributed by atoms with van der Waals surface area (Å²) in [5.41, 5.74) is -1.71. The van der Waals surface area contributed by atoms with Gasteiger partial charge in [0.2, 0.25) is 0 Å². The molecule has 0 saturated heterocycles. The molecule has 3 atom stereocenters. The Morgan fingerprint density at radius 3 is 2.06 bits per heavy atom. The second-order valence-corrected chi connectivity index (χ2v) is 8.62. The Labute approximate surface area is 183 Å². The summed E-state index contributed by atoms with van der Waals surface area (Å²) in [6.45, 7) is 0. The minimum atomic E-state index is -4.63. The minimum absolute atomic E-state index is 0.0832. The highest BCUT2D eigenvalue weighted by atomic mass is 79.9. The Hall–Kier alpha value is -2.67. The lowest BCUT2D eigenvalue weighted by Gasteiger charge is -2.33. The van der Waals surface area contributed by atoms with E-state index in [0.717, 1.165) is 0 Å². The van der Waals surface area contributed by atoms with E-state index in [-0.39, 0.29) is 11.1 Å². The molecule has 0 unspecified atom stereocenters. The Morgan fingerprint density at radius 1 is 0.871 bits per heavy atom. The van der Waals surface area contributed by atoms with E-state index < -0.39 is 35.3 Å². The Morgan fingerprint density at radius 2 is 1.48 bits per heavy atom. The average Bonchev–Trinajstić information content (AvgIpc) is 3.35. The number of alkyl halides is 3. The van der Waals surface area contributed by atoms with Gasteiger partial charge >= 0.3 is 6.18 Å². The van der Waals surface area contributed by atoms with Crippen molar-refractivity contribution in [2.45, 2.75) is 23.6 Å². The molecule has 0 spiro atoms. The fourth-order valence-electron chi connectivity index (χ4n) is 5.05. The SMILES string of the molecule is FC(F)=C(c1ccccc1)N1c2ccc(Br)cc2[C@H]2[C@@H]1[C@]2(c1ccccc1)C(F)(F)F. The number of fused-ring (bicyclic) bond motifs is 3. The standard InChI is InChI=1S/C24H15BrF5N/c25-16-11-12-18-17(13-16)19-21(23(19,24(28,29)30)15-9-5-2-6-10-15)31(18)20(22(26)27)14-7-3-1-4-8-14/h1-13,19,21H/t19-,21+,23+/m0/s1. The van der Waals surface area contributed by atoms with Crippen molar-refractivity contribution in [2.24, 2.45) is 0 Å². The first-order valence-corrected chi connectivity index (χ1v) is 10.4. The number of hydrogen-bond acceptors (Lipinski definition) is 1. The molecule has 1 fully saturated rings. The zero-order valence-corrected chi connectivity index (χ0v) is 17.5. The molecule has 0 radical (unpaired) electrons. The van der Waals surface area contributed by atoms with Gasteiger partial charge in [0.1, 0.15) is 11.1 Å². The zero-order chi connectivity index (χ0) is 22.0. The lowest BCUT2D eigenvalue weighted by molar-refractivity contribution is -0.163. The third-order valence-corrected chi connectivity index (χ3v) is 6.71. The first-order valence-electron chi connectivity index (χ1n) is 9.60. The van der Waals surface area contributed by atoms with Gasteiger partial charge in [-0.15, -0.1) is 0 Å². The summed E-state index contributed by atoms with van der Waals surface area (Å²) < 4.78 is 73.3. The first-order chi connectivity index (χ1) is 14.8. The average molecular weight is 492 g/mol. The van der Waals surface area contributed by atoms with E-state index in [0.29, 0.717) is 15.7 Å². The number of rotatable bonds is 3. The predicted molar refractivity (Wildman–Crippen MR) is 113 cm³/mol. The van der Waals surface area contributed by atoms with Crippen molar-refractivity contribution in [1.82, 2.24) is 0 Å². The molecule has 31 heavy (non-hydrogen) atoms. The second kappa shape index (κ2) is 6.92. The summed E-state index contributed by atoms with van der Waals surface area (Å²) in [6.07, 6.45) is -6.65. The Bertz CT molecular complexity index is 1170. The van der Waals surface area contributed by atoms with E-state index in [4.69, 9.17) is 0 Å². The van der Waals surface area contributed by atoms with Crippen molar-refractivity contribution < 1.29 is 22.0 Å². The second-order valence-electron chi connectivity index (χ2n) is 7.70. The van der Waals surface area contributed by atoms with Gasteiger partial charge < -0.3 is 4.90 Å². The third-order valence-electron chi connectivity index (χ3n) is 6.21. The van der Waals surface area contributed by atoms with E-state index in [1.54, 1.807) is 54.6 Å². The maximum absolute atomic E-state index is 14.7. The number of nitrogens with zero attached hydrogens (tertiary/aromatic N) is 1. The van der Waals surface area contributed by atoms with Crippen LogP contribution in [0, 0.1) is 0 Å². The van der Waals surface area contributed by atoms with E-state index in [1.807, 2.05) is 0 Å². The highest BCUT2D eigenvalue weighted by molar-refractivity contribution is 9.10. The summed E-state index contributed by atoms with van der Waals surface area (Å²) in [6, 6.07) is 19.1. The van der Waals surface area contributed by atoms with Crippen LogP contribution in [0.3, 0.4) is 0 Å². The molecule has 0 N–H and O–H groups in total. The van der Waals surface area contributed by atoms with Crippen LogP contribution >= 0.6 is 15.9 Å².